The van der Waals surface area contributed by atoms with Gasteiger partial charge in [0.05, 0.1) is 11.8 Å². The normalized spacial score (nSPS) is 11.2. The van der Waals surface area contributed by atoms with Gasteiger partial charge in [-0.1, -0.05) is 11.6 Å². The molecule has 0 saturated heterocycles. The highest BCUT2D eigenvalue weighted by molar-refractivity contribution is 6.31. The molecule has 0 atom stereocenters. The Hall–Kier alpha value is -2.79. The first-order valence-corrected chi connectivity index (χ1v) is 8.08. The zero-order chi connectivity index (χ0) is 17.8. The van der Waals surface area contributed by atoms with Crippen LogP contribution in [-0.2, 0) is 13.7 Å². The number of allylic oxidation sites excluding steroid dienone is 1. The molecule has 0 amide bonds. The fraction of sp³-hybridized carbons (Fsp3) is 0.158. The second-order valence-electron chi connectivity index (χ2n) is 5.60. The van der Waals surface area contributed by atoms with Crippen molar-refractivity contribution in [1.29, 1.82) is 0 Å². The topological polar surface area (TPSA) is 57.3 Å². The monoisotopic (exact) mass is 356 g/mol. The maximum absolute atomic E-state index is 12.0. The predicted octanol–water partition coefficient (Wildman–Crippen LogP) is 4.45. The van der Waals surface area contributed by atoms with E-state index in [9.17, 15) is 4.79 Å². The molecule has 2 heterocycles. The number of carbonyl (C=O) groups excluding carboxylic acids is 1. The van der Waals surface area contributed by atoms with Gasteiger partial charge in [0.15, 0.2) is 5.78 Å². The van der Waals surface area contributed by atoms with Crippen LogP contribution >= 0.6 is 11.6 Å². The highest BCUT2D eigenvalue weighted by Gasteiger charge is 2.06. The summed E-state index contributed by atoms with van der Waals surface area (Å²) in [7, 11) is 1.77. The Labute approximate surface area is 150 Å². The van der Waals surface area contributed by atoms with Crippen molar-refractivity contribution in [1.82, 2.24) is 9.78 Å². The molecule has 0 aliphatic heterocycles. The van der Waals surface area contributed by atoms with Gasteiger partial charge in [-0.25, -0.2) is 0 Å². The van der Waals surface area contributed by atoms with Gasteiger partial charge >= 0.3 is 0 Å². The van der Waals surface area contributed by atoms with Gasteiger partial charge in [0.1, 0.15) is 23.9 Å². The molecule has 6 heteroatoms. The van der Waals surface area contributed by atoms with Crippen molar-refractivity contribution < 1.29 is 13.9 Å². The third kappa shape index (κ3) is 4.39. The van der Waals surface area contributed by atoms with Gasteiger partial charge in [0.2, 0.25) is 0 Å². The van der Waals surface area contributed by atoms with Crippen molar-refractivity contribution in [2.75, 3.05) is 0 Å². The van der Waals surface area contributed by atoms with E-state index in [1.807, 2.05) is 25.1 Å². The number of furan rings is 1. The zero-order valence-corrected chi connectivity index (χ0v) is 14.7. The van der Waals surface area contributed by atoms with E-state index in [0.29, 0.717) is 28.7 Å². The molecule has 0 spiro atoms. The van der Waals surface area contributed by atoms with E-state index in [0.717, 1.165) is 11.3 Å². The van der Waals surface area contributed by atoms with Gasteiger partial charge in [-0.2, -0.15) is 5.10 Å². The molecule has 0 unspecified atom stereocenters. The summed E-state index contributed by atoms with van der Waals surface area (Å²) in [6.45, 7) is 2.22. The minimum Gasteiger partial charge on any atom is -0.486 e. The first-order valence-electron chi connectivity index (χ1n) is 7.70. The van der Waals surface area contributed by atoms with Gasteiger partial charge < -0.3 is 9.15 Å². The average molecular weight is 357 g/mol. The molecule has 0 radical (unpaired) electrons. The maximum Gasteiger partial charge on any atom is 0.189 e. The lowest BCUT2D eigenvalue weighted by atomic mass is 10.2. The van der Waals surface area contributed by atoms with E-state index >= 15 is 0 Å². The Morgan fingerprint density at radius 3 is 2.92 bits per heavy atom. The Bertz CT molecular complexity index is 924. The van der Waals surface area contributed by atoms with Crippen LogP contribution in [0.1, 0.15) is 27.4 Å². The summed E-state index contributed by atoms with van der Waals surface area (Å²) in [5, 5.41) is 4.68. The molecular weight excluding hydrogens is 340 g/mol. The number of ketones is 1. The number of nitrogens with zero attached hydrogens (tertiary/aromatic N) is 2. The number of hydrogen-bond acceptors (Lipinski definition) is 4. The van der Waals surface area contributed by atoms with Crippen molar-refractivity contribution in [3.63, 3.8) is 0 Å². The molecule has 25 heavy (non-hydrogen) atoms. The lowest BCUT2D eigenvalue weighted by Crippen LogP contribution is -1.94. The van der Waals surface area contributed by atoms with Gasteiger partial charge in [0.25, 0.3) is 0 Å². The van der Waals surface area contributed by atoms with Crippen LogP contribution < -0.4 is 4.74 Å². The average Bonchev–Trinajstić information content (AvgIpc) is 3.23. The van der Waals surface area contributed by atoms with Crippen molar-refractivity contribution in [3.8, 4) is 5.75 Å². The maximum atomic E-state index is 12.0. The van der Waals surface area contributed by atoms with Crippen LogP contribution in [0.4, 0.5) is 0 Å². The van der Waals surface area contributed by atoms with Crippen LogP contribution in [0, 0.1) is 6.92 Å². The van der Waals surface area contributed by atoms with Crippen LogP contribution in [0.2, 0.25) is 5.02 Å². The molecule has 3 rings (SSSR count). The number of hydrogen-bond donors (Lipinski definition) is 0. The fourth-order valence-corrected chi connectivity index (χ4v) is 2.34. The molecule has 0 saturated carbocycles. The number of rotatable bonds is 6. The molecule has 0 N–H and O–H groups in total. The van der Waals surface area contributed by atoms with Gasteiger partial charge in [-0.05, 0) is 55.0 Å². The highest BCUT2D eigenvalue weighted by atomic mass is 35.5. The third-order valence-electron chi connectivity index (χ3n) is 3.58. The molecule has 0 aliphatic carbocycles. The highest BCUT2D eigenvalue weighted by Crippen LogP contribution is 2.22. The molecule has 1 aromatic carbocycles. The molecule has 0 bridgehead atoms. The number of ether oxygens (including phenoxy) is 1. The molecule has 2 aromatic heterocycles. The summed E-state index contributed by atoms with van der Waals surface area (Å²) < 4.78 is 12.9. The van der Waals surface area contributed by atoms with E-state index in [1.165, 1.54) is 12.3 Å². The lowest BCUT2D eigenvalue weighted by Gasteiger charge is -2.05. The Morgan fingerprint density at radius 1 is 1.36 bits per heavy atom. The van der Waals surface area contributed by atoms with E-state index < -0.39 is 0 Å². The Morgan fingerprint density at radius 2 is 2.20 bits per heavy atom. The second kappa shape index (κ2) is 7.40. The standard InChI is InChI=1S/C19H17ClN2O3/c1-13-9-16(5-7-18(13)20)24-12-17-4-3-15(25-17)6-8-19(23)14-10-21-22(2)11-14/h3-11H,12H2,1-2H3/b8-6+. The van der Waals surface area contributed by atoms with Crippen LogP contribution in [0.3, 0.4) is 0 Å². The quantitative estimate of drug-likeness (QED) is 0.483. The summed E-state index contributed by atoms with van der Waals surface area (Å²) in [4.78, 5) is 12.0. The number of carbonyl (C=O) groups is 1. The number of benzene rings is 1. The van der Waals surface area contributed by atoms with E-state index in [-0.39, 0.29) is 5.78 Å². The predicted molar refractivity (Wildman–Crippen MR) is 95.8 cm³/mol. The van der Waals surface area contributed by atoms with Gasteiger partial charge in [-0.3, -0.25) is 9.48 Å². The second-order valence-corrected chi connectivity index (χ2v) is 6.01. The minimum atomic E-state index is -0.126. The molecule has 0 fully saturated rings. The number of aromatic nitrogens is 2. The van der Waals surface area contributed by atoms with E-state index in [1.54, 1.807) is 36.1 Å². The van der Waals surface area contributed by atoms with E-state index in [2.05, 4.69) is 5.10 Å². The van der Waals surface area contributed by atoms with Gasteiger partial charge in [-0.15, -0.1) is 0 Å². The van der Waals surface area contributed by atoms with Crippen molar-refractivity contribution in [2.24, 2.45) is 7.05 Å². The molecule has 0 aliphatic rings. The van der Waals surface area contributed by atoms with Crippen LogP contribution in [0.25, 0.3) is 6.08 Å². The fourth-order valence-electron chi connectivity index (χ4n) is 2.23. The number of aryl methyl sites for hydroxylation is 2. The summed E-state index contributed by atoms with van der Waals surface area (Å²) in [5.41, 5.74) is 1.49. The van der Waals surface area contributed by atoms with Crippen molar-refractivity contribution in [3.05, 3.63) is 76.5 Å². The summed E-state index contributed by atoms with van der Waals surface area (Å²) in [6, 6.07) is 9.09. The summed E-state index contributed by atoms with van der Waals surface area (Å²) in [5.74, 6) is 1.85. The first-order chi connectivity index (χ1) is 12.0. The van der Waals surface area contributed by atoms with Crippen molar-refractivity contribution in [2.45, 2.75) is 13.5 Å². The zero-order valence-electron chi connectivity index (χ0n) is 13.9. The third-order valence-corrected chi connectivity index (χ3v) is 4.01. The Balaban J connectivity index is 1.59. The van der Waals surface area contributed by atoms with Crippen LogP contribution in [0.5, 0.6) is 5.75 Å². The molecular formula is C19H17ClN2O3. The molecule has 5 nitrogen and oxygen atoms in total. The van der Waals surface area contributed by atoms with Crippen LogP contribution in [-0.4, -0.2) is 15.6 Å². The Kier molecular flexibility index (Phi) is 5.05. The smallest absolute Gasteiger partial charge is 0.189 e. The molecule has 128 valence electrons. The van der Waals surface area contributed by atoms with Gasteiger partial charge in [0, 0.05) is 18.3 Å². The van der Waals surface area contributed by atoms with E-state index in [4.69, 9.17) is 20.8 Å². The first kappa shape index (κ1) is 17.0. The largest absolute Gasteiger partial charge is 0.486 e. The summed E-state index contributed by atoms with van der Waals surface area (Å²) in [6.07, 6.45) is 6.29. The SMILES string of the molecule is Cc1cc(OCc2ccc(/C=C/C(=O)c3cnn(C)c3)o2)ccc1Cl. The lowest BCUT2D eigenvalue weighted by molar-refractivity contribution is 0.104. The number of halogens is 1. The van der Waals surface area contributed by atoms with Crippen LogP contribution in [0.15, 0.2) is 53.2 Å². The minimum absolute atomic E-state index is 0.126. The summed E-state index contributed by atoms with van der Waals surface area (Å²) >= 11 is 5.99. The molecule has 3 aromatic rings. The van der Waals surface area contributed by atoms with Crippen molar-refractivity contribution >= 4 is 23.5 Å².